The Morgan fingerprint density at radius 1 is 0.897 bits per heavy atom. The van der Waals surface area contributed by atoms with Crippen molar-refractivity contribution < 1.29 is 9.18 Å². The summed E-state index contributed by atoms with van der Waals surface area (Å²) in [5.41, 5.74) is 2.94. The van der Waals surface area contributed by atoms with Crippen molar-refractivity contribution in [2.24, 2.45) is 5.92 Å². The van der Waals surface area contributed by atoms with E-state index in [2.05, 4.69) is 40.5 Å². The third-order valence-corrected chi connectivity index (χ3v) is 8.65. The van der Waals surface area contributed by atoms with E-state index in [4.69, 9.17) is 23.2 Å². The largest absolute Gasteiger partial charge is 0.351 e. The lowest BCUT2D eigenvalue weighted by molar-refractivity contribution is 0.0951. The monoisotopic (exact) mass is 562 g/mol. The zero-order chi connectivity index (χ0) is 27.2. The van der Waals surface area contributed by atoms with E-state index in [1.54, 1.807) is 24.3 Å². The van der Waals surface area contributed by atoms with Gasteiger partial charge in [-0.25, -0.2) is 4.39 Å². The van der Waals surface area contributed by atoms with Crippen LogP contribution in [0.1, 0.15) is 46.7 Å². The van der Waals surface area contributed by atoms with Crippen LogP contribution in [0.25, 0.3) is 10.8 Å². The molecule has 4 aromatic rings. The number of carbonyl (C=O) groups excluding carboxylic acids is 1. The predicted octanol–water partition coefficient (Wildman–Crippen LogP) is 8.14. The van der Waals surface area contributed by atoms with Crippen molar-refractivity contribution in [1.29, 1.82) is 0 Å². The van der Waals surface area contributed by atoms with Crippen LogP contribution in [0.3, 0.4) is 0 Å². The van der Waals surface area contributed by atoms with Crippen LogP contribution in [0.5, 0.6) is 0 Å². The lowest BCUT2D eigenvalue weighted by Gasteiger charge is -2.33. The highest BCUT2D eigenvalue weighted by Crippen LogP contribution is 2.29. The molecule has 1 aliphatic heterocycles. The van der Waals surface area contributed by atoms with Gasteiger partial charge < -0.3 is 10.2 Å². The second-order valence-electron chi connectivity index (χ2n) is 10.5. The molecule has 0 bridgehead atoms. The zero-order valence-electron chi connectivity index (χ0n) is 21.9. The second kappa shape index (κ2) is 13.0. The molecule has 0 aromatic heterocycles. The first-order valence-corrected chi connectivity index (χ1v) is 14.4. The topological polar surface area (TPSA) is 32.3 Å². The van der Waals surface area contributed by atoms with Gasteiger partial charge in [-0.2, -0.15) is 0 Å². The minimum atomic E-state index is -0.330. The van der Waals surface area contributed by atoms with E-state index in [9.17, 15) is 9.18 Å². The molecule has 1 fully saturated rings. The number of rotatable bonds is 9. The maximum absolute atomic E-state index is 14.3. The minimum absolute atomic E-state index is 0.0671. The lowest BCUT2D eigenvalue weighted by atomic mass is 9.89. The van der Waals surface area contributed by atoms with Crippen LogP contribution in [0.4, 0.5) is 4.39 Å². The SMILES string of the molecule is O=C(NCC(CCN1CCC(Cc2ccccc2)CC1)c1ccc(Cl)c(Cl)c1)c1ccc(F)c2ccccc12. The van der Waals surface area contributed by atoms with Gasteiger partial charge in [0.25, 0.3) is 5.91 Å². The smallest absolute Gasteiger partial charge is 0.251 e. The molecule has 0 aliphatic carbocycles. The summed E-state index contributed by atoms with van der Waals surface area (Å²) >= 11 is 12.6. The van der Waals surface area contributed by atoms with E-state index in [0.717, 1.165) is 44.0 Å². The highest BCUT2D eigenvalue weighted by atomic mass is 35.5. The Labute approximate surface area is 239 Å². The first-order chi connectivity index (χ1) is 19.0. The predicted molar refractivity (Wildman–Crippen MR) is 159 cm³/mol. The van der Waals surface area contributed by atoms with Gasteiger partial charge in [0, 0.05) is 23.4 Å². The summed E-state index contributed by atoms with van der Waals surface area (Å²) in [5.74, 6) is 0.248. The van der Waals surface area contributed by atoms with Gasteiger partial charge in [-0.1, -0.05) is 83.9 Å². The quantitative estimate of drug-likeness (QED) is 0.223. The fourth-order valence-electron chi connectivity index (χ4n) is 5.62. The van der Waals surface area contributed by atoms with Gasteiger partial charge >= 0.3 is 0 Å². The van der Waals surface area contributed by atoms with Crippen molar-refractivity contribution in [3.8, 4) is 0 Å². The first-order valence-electron chi connectivity index (χ1n) is 13.6. The Balaban J connectivity index is 1.23. The molecular weight excluding hydrogens is 530 g/mol. The minimum Gasteiger partial charge on any atom is -0.351 e. The number of piperidine rings is 1. The Hall–Kier alpha value is -2.92. The summed E-state index contributed by atoms with van der Waals surface area (Å²) < 4.78 is 14.3. The van der Waals surface area contributed by atoms with Gasteiger partial charge in [0.2, 0.25) is 0 Å². The van der Waals surface area contributed by atoms with Crippen LogP contribution in [-0.4, -0.2) is 37.0 Å². The molecule has 4 aromatic carbocycles. The molecule has 0 radical (unpaired) electrons. The van der Waals surface area contributed by atoms with Crippen molar-refractivity contribution in [1.82, 2.24) is 10.2 Å². The van der Waals surface area contributed by atoms with Gasteiger partial charge in [-0.15, -0.1) is 0 Å². The van der Waals surface area contributed by atoms with Gasteiger partial charge in [-0.3, -0.25) is 4.79 Å². The molecule has 202 valence electrons. The number of carbonyl (C=O) groups is 1. The fraction of sp³-hybridized carbons (Fsp3) is 0.303. The molecule has 1 amide bonds. The van der Waals surface area contributed by atoms with Crippen LogP contribution in [0.2, 0.25) is 10.0 Å². The van der Waals surface area contributed by atoms with Gasteiger partial charge in [-0.05, 0) is 92.0 Å². The van der Waals surface area contributed by atoms with E-state index >= 15 is 0 Å². The number of hydrogen-bond donors (Lipinski definition) is 1. The van der Waals surface area contributed by atoms with Crippen molar-refractivity contribution in [3.63, 3.8) is 0 Å². The van der Waals surface area contributed by atoms with Gasteiger partial charge in [0.15, 0.2) is 0 Å². The zero-order valence-corrected chi connectivity index (χ0v) is 23.4. The van der Waals surface area contributed by atoms with Crippen molar-refractivity contribution in [2.75, 3.05) is 26.2 Å². The fourth-order valence-corrected chi connectivity index (χ4v) is 5.93. The molecule has 1 aliphatic rings. The number of benzene rings is 4. The van der Waals surface area contributed by atoms with Gasteiger partial charge in [0.1, 0.15) is 5.82 Å². The molecule has 5 rings (SSSR count). The summed E-state index contributed by atoms with van der Waals surface area (Å²) in [4.78, 5) is 15.8. The Morgan fingerprint density at radius 3 is 2.36 bits per heavy atom. The van der Waals surface area contributed by atoms with Crippen LogP contribution >= 0.6 is 23.2 Å². The average Bonchev–Trinajstić information content (AvgIpc) is 2.96. The maximum Gasteiger partial charge on any atom is 0.251 e. The van der Waals surface area contributed by atoms with Crippen LogP contribution in [0.15, 0.2) is 84.9 Å². The molecule has 39 heavy (non-hydrogen) atoms. The standard InChI is InChI=1S/C33H33Cl2FN2O/c34-30-12-10-25(21-31(30)35)26(16-19-38-17-14-24(15-18-38)20-23-6-2-1-3-7-23)22-37-33(39)29-11-13-32(36)28-9-5-4-8-27(28)29/h1-13,21,24,26H,14-20,22H2,(H,37,39). The summed E-state index contributed by atoms with van der Waals surface area (Å²) in [6.07, 6.45) is 4.41. The molecule has 1 N–H and O–H groups in total. The highest BCUT2D eigenvalue weighted by molar-refractivity contribution is 6.42. The van der Waals surface area contributed by atoms with E-state index in [0.29, 0.717) is 32.9 Å². The molecule has 1 heterocycles. The molecule has 1 unspecified atom stereocenters. The van der Waals surface area contributed by atoms with E-state index in [-0.39, 0.29) is 17.6 Å². The van der Waals surface area contributed by atoms with Crippen LogP contribution in [0, 0.1) is 11.7 Å². The average molecular weight is 564 g/mol. The summed E-state index contributed by atoms with van der Waals surface area (Å²) in [6.45, 7) is 3.56. The third-order valence-electron chi connectivity index (χ3n) is 7.91. The molecular formula is C33H33Cl2FN2O. The first kappa shape index (κ1) is 27.6. The van der Waals surface area contributed by atoms with Crippen molar-refractivity contribution in [2.45, 2.75) is 31.6 Å². The van der Waals surface area contributed by atoms with Crippen LogP contribution in [-0.2, 0) is 6.42 Å². The second-order valence-corrected chi connectivity index (χ2v) is 11.3. The maximum atomic E-state index is 14.3. The number of halogens is 3. The number of nitrogens with one attached hydrogen (secondary N) is 1. The Kier molecular flexibility index (Phi) is 9.18. The van der Waals surface area contributed by atoms with Gasteiger partial charge in [0.05, 0.1) is 10.0 Å². The van der Waals surface area contributed by atoms with Crippen LogP contribution < -0.4 is 5.32 Å². The van der Waals surface area contributed by atoms with E-state index < -0.39 is 0 Å². The lowest BCUT2D eigenvalue weighted by Crippen LogP contribution is -2.36. The summed E-state index contributed by atoms with van der Waals surface area (Å²) in [5, 5.41) is 5.19. The number of fused-ring (bicyclic) bond motifs is 1. The van der Waals surface area contributed by atoms with E-state index in [1.165, 1.54) is 24.5 Å². The molecule has 6 heteroatoms. The molecule has 1 saturated heterocycles. The number of amides is 1. The van der Waals surface area contributed by atoms with Crippen molar-refractivity contribution >= 4 is 39.9 Å². The molecule has 0 saturated carbocycles. The molecule has 1 atom stereocenters. The summed E-state index contributed by atoms with van der Waals surface area (Å²) in [7, 11) is 0. The third kappa shape index (κ3) is 7.00. The Bertz CT molecular complexity index is 1420. The van der Waals surface area contributed by atoms with E-state index in [1.807, 2.05) is 24.3 Å². The number of nitrogens with zero attached hydrogens (tertiary/aromatic N) is 1. The van der Waals surface area contributed by atoms with Crippen molar-refractivity contribution in [3.05, 3.63) is 117 Å². The number of hydrogen-bond acceptors (Lipinski definition) is 2. The number of likely N-dealkylation sites (tertiary alicyclic amines) is 1. The Morgan fingerprint density at radius 2 is 1.62 bits per heavy atom. The molecule has 0 spiro atoms. The molecule has 3 nitrogen and oxygen atoms in total. The normalized spacial score (nSPS) is 15.4. The highest BCUT2D eigenvalue weighted by Gasteiger charge is 2.22. The summed E-state index contributed by atoms with van der Waals surface area (Å²) in [6, 6.07) is 26.4.